The minimum atomic E-state index is -0.236. The van der Waals surface area contributed by atoms with Gasteiger partial charge in [0.25, 0.3) is 0 Å². The van der Waals surface area contributed by atoms with E-state index in [0.717, 1.165) is 67.6 Å². The average molecular weight is 655 g/mol. The van der Waals surface area contributed by atoms with E-state index in [1.807, 2.05) is 30.5 Å². The van der Waals surface area contributed by atoms with Gasteiger partial charge in [-0.2, -0.15) is 0 Å². The van der Waals surface area contributed by atoms with Crippen molar-refractivity contribution in [1.82, 2.24) is 25.0 Å². The highest BCUT2D eigenvalue weighted by Crippen LogP contribution is 2.36. The number of anilines is 1. The second kappa shape index (κ2) is 13.1. The summed E-state index contributed by atoms with van der Waals surface area (Å²) < 4.78 is 2.14. The van der Waals surface area contributed by atoms with Gasteiger partial charge in [-0.1, -0.05) is 36.4 Å². The van der Waals surface area contributed by atoms with E-state index >= 15 is 0 Å². The first-order valence-electron chi connectivity index (χ1n) is 17.6. The Morgan fingerprint density at radius 2 is 1.53 bits per heavy atom. The molecule has 0 saturated carbocycles. The third-order valence-corrected chi connectivity index (χ3v) is 11.0. The quantitative estimate of drug-likeness (QED) is 0.200. The van der Waals surface area contributed by atoms with E-state index in [9.17, 15) is 14.7 Å². The molecule has 3 fully saturated rings. The number of nitrogens with one attached hydrogen (secondary N) is 1. The van der Waals surface area contributed by atoms with Gasteiger partial charge in [0.2, 0.25) is 11.8 Å². The highest BCUT2D eigenvalue weighted by Gasteiger charge is 2.33. The zero-order chi connectivity index (χ0) is 33.5. The summed E-state index contributed by atoms with van der Waals surface area (Å²) in [5.41, 5.74) is 7.77. The van der Waals surface area contributed by atoms with Crippen LogP contribution in [0.25, 0.3) is 28.0 Å². The number of hydrogen-bond donors (Lipinski definition) is 2. The lowest BCUT2D eigenvalue weighted by molar-refractivity contribution is -0.134. The fraction of sp³-hybridized carbons (Fsp3) is 0.350. The van der Waals surface area contributed by atoms with Crippen LogP contribution in [0.2, 0.25) is 0 Å². The molecule has 2 amide bonds. The fourth-order valence-electron chi connectivity index (χ4n) is 8.30. The summed E-state index contributed by atoms with van der Waals surface area (Å²) in [6.45, 7) is 5.58. The molecule has 0 bridgehead atoms. The van der Waals surface area contributed by atoms with Crippen LogP contribution in [0.15, 0.2) is 91.1 Å². The molecule has 0 radical (unpaired) electrons. The molecule has 250 valence electrons. The Bertz CT molecular complexity index is 1980. The molecule has 2 aromatic heterocycles. The highest BCUT2D eigenvalue weighted by molar-refractivity contribution is 6.01. The Hall–Kier alpha value is -5.02. The summed E-state index contributed by atoms with van der Waals surface area (Å²) in [6.07, 6.45) is 7.65. The number of imide groups is 1. The van der Waals surface area contributed by atoms with Crippen LogP contribution < -0.4 is 10.2 Å². The number of fused-ring (bicyclic) bond motifs is 1. The minimum Gasteiger partial charge on any atom is -0.507 e. The second-order valence-corrected chi connectivity index (χ2v) is 13.9. The van der Waals surface area contributed by atoms with Crippen molar-refractivity contribution in [1.29, 1.82) is 0 Å². The number of amides is 2. The van der Waals surface area contributed by atoms with Crippen LogP contribution in [0, 0.1) is 0 Å². The third-order valence-electron chi connectivity index (χ3n) is 11.0. The normalized spacial score (nSPS) is 22.4. The molecule has 3 unspecified atom stereocenters. The van der Waals surface area contributed by atoms with E-state index < -0.39 is 0 Å². The smallest absolute Gasteiger partial charge is 0.234 e. The van der Waals surface area contributed by atoms with Crippen molar-refractivity contribution in [2.45, 2.75) is 69.4 Å². The Balaban J connectivity index is 0.875. The molecule has 3 aliphatic rings. The van der Waals surface area contributed by atoms with Crippen LogP contribution >= 0.6 is 0 Å². The van der Waals surface area contributed by atoms with E-state index in [1.54, 1.807) is 12.1 Å². The SMILES string of the molecule is CC1CC(c2ccc(-n3ccc4nnc(-c5ccccc5O)cc43)cc2)CCN1C1CCN(c2ccc(C3CCC(=O)NC3=O)cc2)CC1. The van der Waals surface area contributed by atoms with Crippen LogP contribution in [-0.4, -0.2) is 68.3 Å². The van der Waals surface area contributed by atoms with Crippen molar-refractivity contribution in [3.05, 3.63) is 102 Å². The average Bonchev–Trinajstić information content (AvgIpc) is 3.56. The van der Waals surface area contributed by atoms with Gasteiger partial charge >= 0.3 is 0 Å². The largest absolute Gasteiger partial charge is 0.507 e. The zero-order valence-corrected chi connectivity index (χ0v) is 27.8. The molecule has 0 spiro atoms. The lowest BCUT2D eigenvalue weighted by Gasteiger charge is -2.46. The number of para-hydroxylation sites is 1. The van der Waals surface area contributed by atoms with E-state index in [2.05, 4.69) is 85.3 Å². The second-order valence-electron chi connectivity index (χ2n) is 13.9. The van der Waals surface area contributed by atoms with E-state index in [4.69, 9.17) is 0 Å². The van der Waals surface area contributed by atoms with E-state index in [-0.39, 0.29) is 23.5 Å². The Kier molecular flexibility index (Phi) is 8.37. The van der Waals surface area contributed by atoms with Gasteiger partial charge in [-0.3, -0.25) is 19.8 Å². The standard InChI is InChI=1S/C40H42N6O3/c1-26-24-29(27-6-12-31(13-7-27)46-23-19-35-37(46)25-36(43-42-35)34-4-2-3-5-38(34)47)16-22-45(26)32-17-20-44(21-18-32)30-10-8-28(9-11-30)33-14-15-39(48)41-40(33)49/h2-13,19,23,25-26,29,32-33,47H,14-18,20-22,24H2,1H3,(H,41,48,49). The summed E-state index contributed by atoms with van der Waals surface area (Å²) in [4.78, 5) is 29.1. The number of carbonyl (C=O) groups excluding carboxylic acids is 2. The number of aromatic hydroxyl groups is 1. The molecule has 3 aliphatic heterocycles. The molecule has 9 heteroatoms. The summed E-state index contributed by atoms with van der Waals surface area (Å²) >= 11 is 0. The van der Waals surface area contributed by atoms with Crippen molar-refractivity contribution < 1.29 is 14.7 Å². The number of carbonyl (C=O) groups is 2. The van der Waals surface area contributed by atoms with Crippen molar-refractivity contribution in [3.8, 4) is 22.7 Å². The first kappa shape index (κ1) is 31.3. The molecule has 0 aliphatic carbocycles. The number of hydrogen-bond acceptors (Lipinski definition) is 7. The molecule has 3 saturated heterocycles. The molecular weight excluding hydrogens is 612 g/mol. The predicted molar refractivity (Wildman–Crippen MR) is 191 cm³/mol. The predicted octanol–water partition coefficient (Wildman–Crippen LogP) is 6.55. The van der Waals surface area contributed by atoms with Crippen molar-refractivity contribution >= 4 is 28.5 Å². The number of piperidine rings is 3. The van der Waals surface area contributed by atoms with Gasteiger partial charge in [-0.05, 0) is 111 Å². The van der Waals surface area contributed by atoms with Gasteiger partial charge in [0.1, 0.15) is 11.3 Å². The maximum absolute atomic E-state index is 12.3. The summed E-state index contributed by atoms with van der Waals surface area (Å²) in [7, 11) is 0. The van der Waals surface area contributed by atoms with Gasteiger partial charge in [-0.25, -0.2) is 0 Å². The van der Waals surface area contributed by atoms with Crippen molar-refractivity contribution in [2.75, 3.05) is 24.5 Å². The van der Waals surface area contributed by atoms with E-state index in [1.165, 1.54) is 11.3 Å². The summed E-state index contributed by atoms with van der Waals surface area (Å²) in [5.74, 6) is 0.153. The molecule has 3 atom stereocenters. The Labute approximate surface area is 286 Å². The topological polar surface area (TPSA) is 104 Å². The number of likely N-dealkylation sites (tertiary alicyclic amines) is 1. The Morgan fingerprint density at radius 1 is 0.796 bits per heavy atom. The number of aromatic nitrogens is 3. The summed E-state index contributed by atoms with van der Waals surface area (Å²) in [5, 5.41) is 21.6. The van der Waals surface area contributed by atoms with Crippen LogP contribution in [-0.2, 0) is 9.59 Å². The molecule has 8 rings (SSSR count). The van der Waals surface area contributed by atoms with Gasteiger partial charge in [0.15, 0.2) is 0 Å². The monoisotopic (exact) mass is 654 g/mol. The molecule has 3 aromatic carbocycles. The van der Waals surface area contributed by atoms with Crippen LogP contribution in [0.3, 0.4) is 0 Å². The van der Waals surface area contributed by atoms with Crippen LogP contribution in [0.1, 0.15) is 68.4 Å². The molecular formula is C40H42N6O3. The van der Waals surface area contributed by atoms with Crippen molar-refractivity contribution in [3.63, 3.8) is 0 Å². The third kappa shape index (κ3) is 6.19. The first-order chi connectivity index (χ1) is 23.9. The number of benzene rings is 3. The van der Waals surface area contributed by atoms with Gasteiger partial charge < -0.3 is 14.6 Å². The molecule has 2 N–H and O–H groups in total. The van der Waals surface area contributed by atoms with Gasteiger partial charge in [0, 0.05) is 54.7 Å². The highest BCUT2D eigenvalue weighted by atomic mass is 16.3. The van der Waals surface area contributed by atoms with Gasteiger partial charge in [0.05, 0.1) is 17.1 Å². The number of phenolic OH excluding ortho intramolecular Hbond substituents is 1. The zero-order valence-electron chi connectivity index (χ0n) is 27.8. The molecule has 49 heavy (non-hydrogen) atoms. The molecule has 5 aromatic rings. The molecule has 9 nitrogen and oxygen atoms in total. The number of nitrogens with zero attached hydrogens (tertiary/aromatic N) is 5. The van der Waals surface area contributed by atoms with Crippen molar-refractivity contribution in [2.24, 2.45) is 0 Å². The minimum absolute atomic E-state index is 0.172. The maximum Gasteiger partial charge on any atom is 0.234 e. The van der Waals surface area contributed by atoms with Gasteiger partial charge in [-0.15, -0.1) is 10.2 Å². The van der Waals surface area contributed by atoms with Crippen LogP contribution in [0.4, 0.5) is 5.69 Å². The fourth-order valence-corrected chi connectivity index (χ4v) is 8.30. The lowest BCUT2D eigenvalue weighted by Crippen LogP contribution is -2.51. The molecule has 5 heterocycles. The lowest BCUT2D eigenvalue weighted by atomic mass is 9.84. The Morgan fingerprint density at radius 3 is 2.27 bits per heavy atom. The number of phenols is 1. The summed E-state index contributed by atoms with van der Waals surface area (Å²) in [6, 6.07) is 29.7. The maximum atomic E-state index is 12.3. The van der Waals surface area contributed by atoms with Crippen LogP contribution in [0.5, 0.6) is 5.75 Å². The van der Waals surface area contributed by atoms with E-state index in [0.29, 0.717) is 42.1 Å². The first-order valence-corrected chi connectivity index (χ1v) is 17.6. The number of rotatable bonds is 6.